The third-order valence-electron chi connectivity index (χ3n) is 5.54. The van der Waals surface area contributed by atoms with Crippen molar-refractivity contribution in [3.8, 4) is 0 Å². The normalized spacial score (nSPS) is 15.1. The molecule has 8 heteroatoms. The first-order valence-electron chi connectivity index (χ1n) is 10.3. The summed E-state index contributed by atoms with van der Waals surface area (Å²) < 4.78 is 41.5. The van der Waals surface area contributed by atoms with Crippen LogP contribution in [0.2, 0.25) is 0 Å². The fourth-order valence-electron chi connectivity index (χ4n) is 3.97. The number of carbonyl (C=O) groups excluding carboxylic acids is 1. The average Bonchev–Trinajstić information content (AvgIpc) is 3.06. The van der Waals surface area contributed by atoms with Crippen molar-refractivity contribution in [2.24, 2.45) is 0 Å². The van der Waals surface area contributed by atoms with Gasteiger partial charge in [-0.3, -0.25) is 14.4 Å². The summed E-state index contributed by atoms with van der Waals surface area (Å²) in [6.45, 7) is 9.81. The third kappa shape index (κ3) is 4.81. The Kier molecular flexibility index (Phi) is 6.48. The van der Waals surface area contributed by atoms with E-state index in [-0.39, 0.29) is 29.1 Å². The molecule has 0 amide bonds. The Morgan fingerprint density at radius 3 is 2.27 bits per heavy atom. The molecular formula is C22H30FN3O3S. The summed E-state index contributed by atoms with van der Waals surface area (Å²) in [6.07, 6.45) is -0.0309. The molecule has 0 aliphatic carbocycles. The maximum atomic E-state index is 14.1. The van der Waals surface area contributed by atoms with Gasteiger partial charge in [0.15, 0.2) is 10.8 Å². The van der Waals surface area contributed by atoms with E-state index in [1.54, 1.807) is 10.7 Å². The van der Waals surface area contributed by atoms with Gasteiger partial charge in [-0.25, -0.2) is 12.8 Å². The number of nitrogens with zero attached hydrogens (tertiary/aromatic N) is 3. The van der Waals surface area contributed by atoms with E-state index in [4.69, 9.17) is 0 Å². The van der Waals surface area contributed by atoms with Gasteiger partial charge in [0.25, 0.3) is 0 Å². The fourth-order valence-corrected chi connectivity index (χ4v) is 5.18. The van der Waals surface area contributed by atoms with Gasteiger partial charge in [-0.15, -0.1) is 0 Å². The summed E-state index contributed by atoms with van der Waals surface area (Å²) in [5, 5.41) is 4.17. The summed E-state index contributed by atoms with van der Waals surface area (Å²) in [4.78, 5) is 14.9. The molecule has 0 saturated heterocycles. The lowest BCUT2D eigenvalue weighted by Crippen LogP contribution is -2.30. The SMILES string of the molecule is CC(C)c1cc(F)cc(C(C)C)c1CC(=O)CS(=O)(=O)c1cc2n(n1)CCN(C)C2. The molecule has 3 rings (SSSR count). The molecule has 30 heavy (non-hydrogen) atoms. The number of sulfone groups is 1. The Bertz CT molecular complexity index is 1030. The molecule has 0 spiro atoms. The van der Waals surface area contributed by atoms with Crippen molar-refractivity contribution in [2.45, 2.75) is 64.1 Å². The quantitative estimate of drug-likeness (QED) is 0.667. The predicted molar refractivity (Wildman–Crippen MR) is 114 cm³/mol. The molecule has 1 aliphatic heterocycles. The first-order valence-corrected chi connectivity index (χ1v) is 11.9. The molecule has 1 aromatic carbocycles. The number of ketones is 1. The number of halogens is 1. The minimum atomic E-state index is -3.84. The van der Waals surface area contributed by atoms with E-state index in [1.165, 1.54) is 12.1 Å². The van der Waals surface area contributed by atoms with Gasteiger partial charge in [-0.05, 0) is 53.8 Å². The second kappa shape index (κ2) is 8.59. The number of benzene rings is 1. The fraction of sp³-hybridized carbons (Fsp3) is 0.545. The Morgan fingerprint density at radius 1 is 1.10 bits per heavy atom. The van der Waals surface area contributed by atoms with Crippen LogP contribution in [0.1, 0.15) is 61.9 Å². The molecule has 2 aromatic rings. The molecule has 0 fully saturated rings. The van der Waals surface area contributed by atoms with Crippen LogP contribution in [0.3, 0.4) is 0 Å². The highest BCUT2D eigenvalue weighted by molar-refractivity contribution is 7.92. The van der Waals surface area contributed by atoms with Crippen molar-refractivity contribution < 1.29 is 17.6 Å². The van der Waals surface area contributed by atoms with Gasteiger partial charge >= 0.3 is 0 Å². The summed E-state index contributed by atoms with van der Waals surface area (Å²) in [5.74, 6) is -1.30. The molecule has 0 unspecified atom stereocenters. The number of hydrogen-bond acceptors (Lipinski definition) is 5. The standard InChI is InChI=1S/C22H30FN3O3S/c1-14(2)19-8-16(23)9-20(15(3)4)21(19)11-18(27)13-30(28,29)22-10-17-12-25(5)6-7-26(17)24-22/h8-10,14-15H,6-7,11-13H2,1-5H3. The lowest BCUT2D eigenvalue weighted by Gasteiger charge is -2.22. The van der Waals surface area contributed by atoms with Crippen LogP contribution in [0.4, 0.5) is 4.39 Å². The zero-order valence-corrected chi connectivity index (χ0v) is 19.1. The average molecular weight is 436 g/mol. The van der Waals surface area contributed by atoms with Crippen molar-refractivity contribution in [1.29, 1.82) is 0 Å². The molecule has 0 atom stereocenters. The first kappa shape index (κ1) is 22.6. The Labute approximate surface area is 178 Å². The number of aromatic nitrogens is 2. The number of rotatable bonds is 7. The smallest absolute Gasteiger partial charge is 0.204 e. The maximum absolute atomic E-state index is 14.1. The third-order valence-corrected chi connectivity index (χ3v) is 7.08. The molecule has 0 bridgehead atoms. The minimum absolute atomic E-state index is 0.0227. The molecule has 1 aromatic heterocycles. The number of carbonyl (C=O) groups is 1. The van der Waals surface area contributed by atoms with Crippen LogP contribution in [-0.2, 0) is 34.1 Å². The molecule has 0 saturated carbocycles. The number of likely N-dealkylation sites (N-methyl/N-ethyl adjacent to an activating group) is 1. The van der Waals surface area contributed by atoms with Crippen LogP contribution in [-0.4, -0.2) is 48.2 Å². The van der Waals surface area contributed by atoms with Crippen LogP contribution in [0.5, 0.6) is 0 Å². The van der Waals surface area contributed by atoms with Crippen molar-refractivity contribution in [1.82, 2.24) is 14.7 Å². The summed E-state index contributed by atoms with van der Waals surface area (Å²) in [5.41, 5.74) is 3.08. The number of Topliss-reactive ketones (excluding diaryl/α,β-unsaturated/α-hetero) is 1. The lowest BCUT2D eigenvalue weighted by atomic mass is 9.86. The zero-order chi connectivity index (χ0) is 22.2. The molecule has 164 valence electrons. The molecule has 1 aliphatic rings. The highest BCUT2D eigenvalue weighted by atomic mass is 32.2. The lowest BCUT2D eigenvalue weighted by molar-refractivity contribution is -0.116. The largest absolute Gasteiger partial charge is 0.299 e. The molecular weight excluding hydrogens is 405 g/mol. The number of fused-ring (bicyclic) bond motifs is 1. The van der Waals surface area contributed by atoms with Crippen LogP contribution in [0, 0.1) is 5.82 Å². The second-order valence-corrected chi connectivity index (χ2v) is 10.7. The monoisotopic (exact) mass is 435 g/mol. The molecule has 2 heterocycles. The van der Waals surface area contributed by atoms with E-state index in [1.807, 2.05) is 34.7 Å². The topological polar surface area (TPSA) is 72.3 Å². The van der Waals surface area contributed by atoms with E-state index >= 15 is 0 Å². The van der Waals surface area contributed by atoms with Crippen molar-refractivity contribution in [2.75, 3.05) is 19.3 Å². The second-order valence-electron chi connectivity index (χ2n) is 8.78. The van der Waals surface area contributed by atoms with Crippen molar-refractivity contribution in [3.05, 3.63) is 46.4 Å². The van der Waals surface area contributed by atoms with Gasteiger partial charge in [0.2, 0.25) is 9.84 Å². The highest BCUT2D eigenvalue weighted by Gasteiger charge is 2.27. The molecule has 6 nitrogen and oxygen atoms in total. The van der Waals surface area contributed by atoms with Crippen LogP contribution >= 0.6 is 0 Å². The summed E-state index contributed by atoms with van der Waals surface area (Å²) >= 11 is 0. The van der Waals surface area contributed by atoms with Crippen molar-refractivity contribution >= 4 is 15.6 Å². The van der Waals surface area contributed by atoms with Gasteiger partial charge in [0.05, 0.1) is 12.2 Å². The van der Waals surface area contributed by atoms with E-state index in [2.05, 4.69) is 10.00 Å². The zero-order valence-electron chi connectivity index (χ0n) is 18.3. The summed E-state index contributed by atoms with van der Waals surface area (Å²) in [7, 11) is -1.87. The predicted octanol–water partition coefficient (Wildman–Crippen LogP) is 3.30. The molecule has 0 radical (unpaired) electrons. The maximum Gasteiger partial charge on any atom is 0.204 e. The Balaban J connectivity index is 1.85. The minimum Gasteiger partial charge on any atom is -0.299 e. The van der Waals surface area contributed by atoms with E-state index < -0.39 is 21.4 Å². The van der Waals surface area contributed by atoms with E-state index in [9.17, 15) is 17.6 Å². The van der Waals surface area contributed by atoms with Gasteiger partial charge in [-0.2, -0.15) is 5.10 Å². The first-order chi connectivity index (χ1) is 14.0. The van der Waals surface area contributed by atoms with Gasteiger partial charge < -0.3 is 0 Å². The van der Waals surface area contributed by atoms with Crippen LogP contribution < -0.4 is 0 Å². The Morgan fingerprint density at radius 2 is 1.70 bits per heavy atom. The van der Waals surface area contributed by atoms with E-state index in [0.29, 0.717) is 13.1 Å². The number of hydrogen-bond donors (Lipinski definition) is 0. The summed E-state index contributed by atoms with van der Waals surface area (Å²) in [6, 6.07) is 4.47. The van der Waals surface area contributed by atoms with Crippen molar-refractivity contribution in [3.63, 3.8) is 0 Å². The van der Waals surface area contributed by atoms with Gasteiger partial charge in [0.1, 0.15) is 11.6 Å². The van der Waals surface area contributed by atoms with Gasteiger partial charge in [-0.1, -0.05) is 27.7 Å². The van der Waals surface area contributed by atoms with E-state index in [0.717, 1.165) is 28.9 Å². The molecule has 0 N–H and O–H groups in total. The van der Waals surface area contributed by atoms with Crippen LogP contribution in [0.15, 0.2) is 23.2 Å². The highest BCUT2D eigenvalue weighted by Crippen LogP contribution is 2.30. The van der Waals surface area contributed by atoms with Gasteiger partial charge in [0, 0.05) is 19.5 Å². The van der Waals surface area contributed by atoms with Crippen LogP contribution in [0.25, 0.3) is 0 Å². The Hall–Kier alpha value is -2.06.